The average molecular weight is 341 g/mol. The first-order chi connectivity index (χ1) is 8.97. The Morgan fingerprint density at radius 2 is 2.00 bits per heavy atom. The second-order valence-electron chi connectivity index (χ2n) is 4.09. The lowest BCUT2D eigenvalue weighted by molar-refractivity contribution is 0.0697. The predicted molar refractivity (Wildman–Crippen MR) is 80.6 cm³/mol. The van der Waals surface area contributed by atoms with E-state index in [4.69, 9.17) is 16.7 Å². The number of benzene rings is 2. The van der Waals surface area contributed by atoms with Crippen LogP contribution in [0.2, 0.25) is 5.02 Å². The molecule has 0 amide bonds. The first-order valence-corrected chi connectivity index (χ1v) is 6.70. The molecule has 5 heteroatoms. The van der Waals surface area contributed by atoms with Crippen LogP contribution in [0.25, 0.3) is 0 Å². The van der Waals surface area contributed by atoms with Crippen molar-refractivity contribution in [3.8, 4) is 0 Å². The van der Waals surface area contributed by atoms with Crippen LogP contribution in [0.4, 0.5) is 11.4 Å². The molecule has 0 spiro atoms. The maximum absolute atomic E-state index is 10.9. The molecule has 0 aromatic heterocycles. The summed E-state index contributed by atoms with van der Waals surface area (Å²) in [5, 5.41) is 12.7. The summed E-state index contributed by atoms with van der Waals surface area (Å²) in [5.41, 5.74) is 2.83. The summed E-state index contributed by atoms with van der Waals surface area (Å²) < 4.78 is 0.831. The Bertz CT molecular complexity index is 643. The number of anilines is 2. The molecule has 0 saturated heterocycles. The Labute approximate surface area is 124 Å². The summed E-state index contributed by atoms with van der Waals surface area (Å²) in [6.07, 6.45) is 0. The molecule has 2 N–H and O–H groups in total. The van der Waals surface area contributed by atoms with Gasteiger partial charge in [-0.3, -0.25) is 0 Å². The first-order valence-electron chi connectivity index (χ1n) is 5.53. The Morgan fingerprint density at radius 3 is 2.58 bits per heavy atom. The molecule has 0 bridgehead atoms. The summed E-state index contributed by atoms with van der Waals surface area (Å²) in [6, 6.07) is 10.5. The molecule has 0 unspecified atom stereocenters. The van der Waals surface area contributed by atoms with Crippen LogP contribution in [0.3, 0.4) is 0 Å². The fraction of sp³-hybridized carbons (Fsp3) is 0.0714. The summed E-state index contributed by atoms with van der Waals surface area (Å²) >= 11 is 9.35. The predicted octanol–water partition coefficient (Wildman–Crippen LogP) is 4.85. The van der Waals surface area contributed by atoms with E-state index in [9.17, 15) is 4.79 Å². The van der Waals surface area contributed by atoms with Crippen LogP contribution in [0.15, 0.2) is 40.9 Å². The van der Waals surface area contributed by atoms with Crippen LogP contribution in [0.1, 0.15) is 15.9 Å². The number of nitrogens with one attached hydrogen (secondary N) is 1. The lowest BCUT2D eigenvalue weighted by atomic mass is 10.1. The number of aromatic carboxylic acids is 1. The number of hydrogen-bond acceptors (Lipinski definition) is 2. The third-order valence-electron chi connectivity index (χ3n) is 2.67. The molecule has 2 aromatic carbocycles. The Balaban J connectivity index is 2.28. The third kappa shape index (κ3) is 3.28. The zero-order chi connectivity index (χ0) is 14.0. The van der Waals surface area contributed by atoms with Gasteiger partial charge >= 0.3 is 5.97 Å². The van der Waals surface area contributed by atoms with Crippen LogP contribution in [0, 0.1) is 6.92 Å². The lowest BCUT2D eigenvalue weighted by Crippen LogP contribution is -1.99. The number of hydrogen-bond donors (Lipinski definition) is 2. The number of carbonyl (C=O) groups is 1. The standard InChI is InChI=1S/C14H11BrClNO2/c1-8-6-9(14(18)19)2-5-13(8)17-10-3-4-11(15)12(16)7-10/h2-7,17H,1H3,(H,18,19). The molecular formula is C14H11BrClNO2. The molecule has 0 aliphatic rings. The molecule has 0 aliphatic heterocycles. The van der Waals surface area contributed by atoms with Crippen molar-refractivity contribution in [2.45, 2.75) is 6.92 Å². The van der Waals surface area contributed by atoms with Gasteiger partial charge in [0, 0.05) is 15.8 Å². The van der Waals surface area contributed by atoms with Gasteiger partial charge in [0.05, 0.1) is 10.6 Å². The monoisotopic (exact) mass is 339 g/mol. The molecule has 0 radical (unpaired) electrons. The van der Waals surface area contributed by atoms with Gasteiger partial charge in [-0.1, -0.05) is 11.6 Å². The minimum Gasteiger partial charge on any atom is -0.478 e. The largest absolute Gasteiger partial charge is 0.478 e. The molecule has 0 fully saturated rings. The van der Waals surface area contributed by atoms with Crippen molar-refractivity contribution < 1.29 is 9.90 Å². The molecular weight excluding hydrogens is 330 g/mol. The zero-order valence-electron chi connectivity index (χ0n) is 10.1. The minimum absolute atomic E-state index is 0.275. The van der Waals surface area contributed by atoms with Crippen molar-refractivity contribution in [1.29, 1.82) is 0 Å². The molecule has 98 valence electrons. The average Bonchev–Trinajstić information content (AvgIpc) is 2.36. The van der Waals surface area contributed by atoms with Crippen molar-refractivity contribution in [3.63, 3.8) is 0 Å². The van der Waals surface area contributed by atoms with Crippen molar-refractivity contribution >= 4 is 44.9 Å². The van der Waals surface area contributed by atoms with Crippen LogP contribution in [-0.4, -0.2) is 11.1 Å². The van der Waals surface area contributed by atoms with Crippen molar-refractivity contribution in [2.24, 2.45) is 0 Å². The van der Waals surface area contributed by atoms with Gasteiger partial charge < -0.3 is 10.4 Å². The van der Waals surface area contributed by atoms with E-state index in [1.807, 2.05) is 19.1 Å². The van der Waals surface area contributed by atoms with Crippen LogP contribution < -0.4 is 5.32 Å². The quantitative estimate of drug-likeness (QED) is 0.839. The normalized spacial score (nSPS) is 10.3. The molecule has 3 nitrogen and oxygen atoms in total. The van der Waals surface area contributed by atoms with Crippen LogP contribution in [0.5, 0.6) is 0 Å². The highest BCUT2D eigenvalue weighted by Crippen LogP contribution is 2.28. The van der Waals surface area contributed by atoms with E-state index in [0.717, 1.165) is 21.4 Å². The van der Waals surface area contributed by atoms with Crippen LogP contribution in [-0.2, 0) is 0 Å². The smallest absolute Gasteiger partial charge is 0.335 e. The third-order valence-corrected chi connectivity index (χ3v) is 3.90. The fourth-order valence-corrected chi connectivity index (χ4v) is 2.09. The van der Waals surface area contributed by atoms with Gasteiger partial charge in [-0.2, -0.15) is 0 Å². The molecule has 2 aromatic rings. The second kappa shape index (κ2) is 5.63. The molecule has 0 aliphatic carbocycles. The van der Waals surface area contributed by atoms with Gasteiger partial charge in [0.1, 0.15) is 0 Å². The summed E-state index contributed by atoms with van der Waals surface area (Å²) in [6.45, 7) is 1.86. The minimum atomic E-state index is -0.929. The number of halogens is 2. The Kier molecular flexibility index (Phi) is 4.12. The van der Waals surface area contributed by atoms with E-state index < -0.39 is 5.97 Å². The van der Waals surface area contributed by atoms with Gasteiger partial charge in [-0.25, -0.2) is 4.79 Å². The highest BCUT2D eigenvalue weighted by molar-refractivity contribution is 9.10. The number of carboxylic acid groups (broad SMARTS) is 1. The van der Waals surface area contributed by atoms with Crippen molar-refractivity contribution in [2.75, 3.05) is 5.32 Å². The summed E-state index contributed by atoms with van der Waals surface area (Å²) in [5.74, 6) is -0.929. The number of carboxylic acids is 1. The summed E-state index contributed by atoms with van der Waals surface area (Å²) in [7, 11) is 0. The summed E-state index contributed by atoms with van der Waals surface area (Å²) in [4.78, 5) is 10.9. The van der Waals surface area contributed by atoms with E-state index in [1.165, 1.54) is 0 Å². The van der Waals surface area contributed by atoms with Crippen molar-refractivity contribution in [1.82, 2.24) is 0 Å². The van der Waals surface area contributed by atoms with E-state index >= 15 is 0 Å². The Hall–Kier alpha value is -1.52. The maximum atomic E-state index is 10.9. The van der Waals surface area contributed by atoms with E-state index in [1.54, 1.807) is 24.3 Å². The van der Waals surface area contributed by atoms with Crippen LogP contribution >= 0.6 is 27.5 Å². The van der Waals surface area contributed by atoms with E-state index in [0.29, 0.717) is 5.02 Å². The lowest BCUT2D eigenvalue weighted by Gasteiger charge is -2.11. The Morgan fingerprint density at radius 1 is 1.26 bits per heavy atom. The number of aryl methyl sites for hydroxylation is 1. The molecule has 19 heavy (non-hydrogen) atoms. The first kappa shape index (κ1) is 13.9. The second-order valence-corrected chi connectivity index (χ2v) is 5.35. The molecule has 0 atom stereocenters. The maximum Gasteiger partial charge on any atom is 0.335 e. The highest BCUT2D eigenvalue weighted by Gasteiger charge is 2.06. The van der Waals surface area contributed by atoms with Gasteiger partial charge in [-0.05, 0) is 64.8 Å². The zero-order valence-corrected chi connectivity index (χ0v) is 12.4. The SMILES string of the molecule is Cc1cc(C(=O)O)ccc1Nc1ccc(Br)c(Cl)c1. The number of rotatable bonds is 3. The molecule has 0 saturated carbocycles. The molecule has 0 heterocycles. The van der Waals surface area contributed by atoms with Gasteiger partial charge in [0.25, 0.3) is 0 Å². The van der Waals surface area contributed by atoms with E-state index in [-0.39, 0.29) is 5.56 Å². The van der Waals surface area contributed by atoms with Crippen molar-refractivity contribution in [3.05, 3.63) is 57.0 Å². The molecule has 2 rings (SSSR count). The highest BCUT2D eigenvalue weighted by atomic mass is 79.9. The van der Waals surface area contributed by atoms with E-state index in [2.05, 4.69) is 21.2 Å². The topological polar surface area (TPSA) is 49.3 Å². The van der Waals surface area contributed by atoms with Gasteiger partial charge in [0.2, 0.25) is 0 Å². The van der Waals surface area contributed by atoms with Gasteiger partial charge in [-0.15, -0.1) is 0 Å². The van der Waals surface area contributed by atoms with Gasteiger partial charge in [0.15, 0.2) is 0 Å². The fourth-order valence-electron chi connectivity index (χ4n) is 1.67.